The first-order chi connectivity index (χ1) is 14.8. The third-order valence-corrected chi connectivity index (χ3v) is 4.43. The van der Waals surface area contributed by atoms with Crippen LogP contribution in [0.1, 0.15) is 36.6 Å². The molecule has 0 bridgehead atoms. The number of benzene rings is 2. The Morgan fingerprint density at radius 3 is 1.97 bits per heavy atom. The Kier molecular flexibility index (Phi) is 8.54. The molecular formula is C23H26FNO6. The number of carbonyl (C=O) groups is 3. The van der Waals surface area contributed by atoms with Gasteiger partial charge < -0.3 is 19.5 Å². The van der Waals surface area contributed by atoms with Crippen LogP contribution in [0.2, 0.25) is 0 Å². The molecule has 166 valence electrons. The van der Waals surface area contributed by atoms with Crippen molar-refractivity contribution in [1.82, 2.24) is 5.32 Å². The minimum Gasteiger partial charge on any atom is -0.463 e. The molecule has 2 aromatic carbocycles. The average molecular weight is 431 g/mol. The molecule has 0 aliphatic carbocycles. The Labute approximate surface area is 180 Å². The lowest BCUT2D eigenvalue weighted by molar-refractivity contribution is -0.177. The van der Waals surface area contributed by atoms with Crippen molar-refractivity contribution in [1.29, 1.82) is 0 Å². The molecule has 0 radical (unpaired) electrons. The zero-order valence-electron chi connectivity index (χ0n) is 17.7. The van der Waals surface area contributed by atoms with Crippen LogP contribution in [0.25, 0.3) is 0 Å². The quantitative estimate of drug-likeness (QED) is 0.369. The lowest BCUT2D eigenvalue weighted by Gasteiger charge is -2.30. The third-order valence-electron chi connectivity index (χ3n) is 4.43. The smallest absolute Gasteiger partial charge is 0.408 e. The van der Waals surface area contributed by atoms with Crippen LogP contribution in [0.15, 0.2) is 54.6 Å². The first kappa shape index (κ1) is 23.9. The molecular weight excluding hydrogens is 405 g/mol. The number of amides is 1. The first-order valence-corrected chi connectivity index (χ1v) is 9.90. The molecule has 1 amide bonds. The Morgan fingerprint density at radius 2 is 1.45 bits per heavy atom. The number of ether oxygens (including phenoxy) is 3. The number of carbonyl (C=O) groups excluding carboxylic acids is 3. The molecule has 0 aliphatic rings. The minimum absolute atomic E-state index is 0.0780. The van der Waals surface area contributed by atoms with E-state index in [2.05, 4.69) is 5.32 Å². The molecule has 1 N–H and O–H groups in total. The molecule has 8 heteroatoms. The molecule has 0 fully saturated rings. The van der Waals surface area contributed by atoms with Gasteiger partial charge in [0.1, 0.15) is 12.6 Å². The molecule has 0 saturated carbocycles. The molecule has 0 spiro atoms. The van der Waals surface area contributed by atoms with Gasteiger partial charge in [-0.3, -0.25) is 0 Å². The van der Waals surface area contributed by atoms with E-state index in [1.807, 2.05) is 13.0 Å². The molecule has 0 aromatic heterocycles. The van der Waals surface area contributed by atoms with Crippen LogP contribution in [-0.4, -0.2) is 36.9 Å². The highest BCUT2D eigenvalue weighted by Crippen LogP contribution is 2.33. The summed E-state index contributed by atoms with van der Waals surface area (Å²) in [5.74, 6) is -2.91. The van der Waals surface area contributed by atoms with Crippen LogP contribution >= 0.6 is 0 Å². The van der Waals surface area contributed by atoms with Crippen molar-refractivity contribution in [3.63, 3.8) is 0 Å². The summed E-state index contributed by atoms with van der Waals surface area (Å²) in [7, 11) is 0. The zero-order chi connectivity index (χ0) is 22.9. The highest BCUT2D eigenvalue weighted by molar-refractivity contribution is 6.05. The number of alkyl carbamates (subject to hydrolysis) is 1. The van der Waals surface area contributed by atoms with Crippen LogP contribution in [-0.2, 0) is 30.4 Å². The monoisotopic (exact) mass is 431 g/mol. The summed E-state index contributed by atoms with van der Waals surface area (Å²) < 4.78 is 30.9. The van der Waals surface area contributed by atoms with Crippen LogP contribution < -0.4 is 5.32 Å². The van der Waals surface area contributed by atoms with Crippen molar-refractivity contribution >= 4 is 18.0 Å². The Balaban J connectivity index is 2.37. The highest BCUT2D eigenvalue weighted by atomic mass is 19.1. The Hall–Kier alpha value is -3.42. The largest absolute Gasteiger partial charge is 0.463 e. The second-order valence-corrected chi connectivity index (χ2v) is 6.70. The standard InChI is InChI=1S/C23H26FNO6/c1-4-29-20(26)23(24,21(27)30-5-2)19(18-13-11-16(3)12-14-18)25-22(28)31-15-17-9-7-6-8-10-17/h6-14,19H,4-5,15H2,1-3H3,(H,25,28). The summed E-state index contributed by atoms with van der Waals surface area (Å²) in [6, 6.07) is 13.5. The molecule has 1 atom stereocenters. The molecule has 0 aliphatic heterocycles. The van der Waals surface area contributed by atoms with Crippen LogP contribution in [0.5, 0.6) is 0 Å². The second kappa shape index (κ2) is 11.1. The maximum Gasteiger partial charge on any atom is 0.408 e. The number of halogens is 1. The summed E-state index contributed by atoms with van der Waals surface area (Å²) >= 11 is 0. The first-order valence-electron chi connectivity index (χ1n) is 9.90. The topological polar surface area (TPSA) is 90.9 Å². The van der Waals surface area contributed by atoms with Crippen molar-refractivity contribution in [2.75, 3.05) is 13.2 Å². The predicted octanol–water partition coefficient (Wildman–Crippen LogP) is 3.80. The molecule has 1 unspecified atom stereocenters. The number of esters is 2. The van der Waals surface area contributed by atoms with Gasteiger partial charge in [-0.2, -0.15) is 0 Å². The molecule has 7 nitrogen and oxygen atoms in total. The van der Waals surface area contributed by atoms with Crippen LogP contribution in [0, 0.1) is 6.92 Å². The maximum atomic E-state index is 16.1. The predicted molar refractivity (Wildman–Crippen MR) is 111 cm³/mol. The average Bonchev–Trinajstić information content (AvgIpc) is 2.77. The second-order valence-electron chi connectivity index (χ2n) is 6.70. The lowest BCUT2D eigenvalue weighted by atomic mass is 9.89. The molecule has 0 heterocycles. The van der Waals surface area contributed by atoms with Gasteiger partial charge in [-0.15, -0.1) is 0 Å². The van der Waals surface area contributed by atoms with E-state index in [4.69, 9.17) is 14.2 Å². The fourth-order valence-electron chi connectivity index (χ4n) is 2.85. The highest BCUT2D eigenvalue weighted by Gasteiger charge is 2.58. The Bertz CT molecular complexity index is 867. The van der Waals surface area contributed by atoms with Gasteiger partial charge in [-0.25, -0.2) is 18.8 Å². The summed E-state index contributed by atoms with van der Waals surface area (Å²) in [4.78, 5) is 37.5. The van der Waals surface area contributed by atoms with Crippen LogP contribution in [0.3, 0.4) is 0 Å². The van der Waals surface area contributed by atoms with Gasteiger partial charge in [-0.05, 0) is 31.9 Å². The van der Waals surface area contributed by atoms with Crippen molar-refractivity contribution in [3.8, 4) is 0 Å². The number of nitrogens with one attached hydrogen (secondary N) is 1. The van der Waals surface area contributed by atoms with Crippen molar-refractivity contribution < 1.29 is 33.0 Å². The summed E-state index contributed by atoms with van der Waals surface area (Å²) in [6.07, 6.45) is -1.01. The summed E-state index contributed by atoms with van der Waals surface area (Å²) in [5, 5.41) is 2.30. The van der Waals surface area contributed by atoms with Gasteiger partial charge in [0, 0.05) is 0 Å². The van der Waals surface area contributed by atoms with E-state index in [1.54, 1.807) is 36.4 Å². The number of alkyl halides is 1. The van der Waals surface area contributed by atoms with Crippen LogP contribution in [0.4, 0.5) is 9.18 Å². The fraction of sp³-hybridized carbons (Fsp3) is 0.348. The maximum absolute atomic E-state index is 16.1. The molecule has 0 saturated heterocycles. The van der Waals surface area contributed by atoms with Crippen molar-refractivity contribution in [3.05, 3.63) is 71.3 Å². The van der Waals surface area contributed by atoms with Gasteiger partial charge in [0.25, 0.3) is 0 Å². The van der Waals surface area contributed by atoms with Gasteiger partial charge in [-0.1, -0.05) is 60.2 Å². The van der Waals surface area contributed by atoms with E-state index in [0.29, 0.717) is 5.56 Å². The lowest BCUT2D eigenvalue weighted by Crippen LogP contribution is -2.55. The summed E-state index contributed by atoms with van der Waals surface area (Å²) in [5.41, 5.74) is -1.56. The van der Waals surface area contributed by atoms with E-state index in [0.717, 1.165) is 5.56 Å². The van der Waals surface area contributed by atoms with E-state index in [1.165, 1.54) is 26.0 Å². The fourth-order valence-corrected chi connectivity index (χ4v) is 2.85. The normalized spacial score (nSPS) is 11.9. The number of hydrogen-bond donors (Lipinski definition) is 1. The molecule has 2 aromatic rings. The Morgan fingerprint density at radius 1 is 0.903 bits per heavy atom. The number of hydrogen-bond acceptors (Lipinski definition) is 6. The van der Waals surface area contributed by atoms with Crippen molar-refractivity contribution in [2.24, 2.45) is 0 Å². The summed E-state index contributed by atoms with van der Waals surface area (Å²) in [6.45, 7) is 4.37. The van der Waals surface area contributed by atoms with E-state index in [-0.39, 0.29) is 25.4 Å². The number of aryl methyl sites for hydroxylation is 1. The van der Waals surface area contributed by atoms with E-state index < -0.39 is 29.7 Å². The molecule has 31 heavy (non-hydrogen) atoms. The third kappa shape index (κ3) is 6.04. The SMILES string of the molecule is CCOC(=O)C(F)(C(=O)OCC)C(NC(=O)OCc1ccccc1)c1ccc(C)cc1. The van der Waals surface area contributed by atoms with E-state index in [9.17, 15) is 14.4 Å². The number of rotatable bonds is 9. The zero-order valence-corrected chi connectivity index (χ0v) is 17.7. The minimum atomic E-state index is -3.31. The van der Waals surface area contributed by atoms with Crippen molar-refractivity contribution in [2.45, 2.75) is 39.1 Å². The van der Waals surface area contributed by atoms with E-state index >= 15 is 4.39 Å². The van der Waals surface area contributed by atoms with Gasteiger partial charge in [0.05, 0.1) is 13.2 Å². The van der Waals surface area contributed by atoms with Gasteiger partial charge >= 0.3 is 23.7 Å². The molecule has 2 rings (SSSR count). The van der Waals surface area contributed by atoms with Gasteiger partial charge in [0.2, 0.25) is 0 Å². The van der Waals surface area contributed by atoms with Gasteiger partial charge in [0.15, 0.2) is 0 Å².